The lowest BCUT2D eigenvalue weighted by Crippen LogP contribution is -2.28. The Morgan fingerprint density at radius 1 is 1.50 bits per heavy atom. The van der Waals surface area contributed by atoms with E-state index in [4.69, 9.17) is 5.73 Å². The molecule has 1 aliphatic rings. The minimum absolute atomic E-state index is 0.0143. The van der Waals surface area contributed by atoms with Crippen molar-refractivity contribution < 1.29 is 8.76 Å². The van der Waals surface area contributed by atoms with E-state index in [-0.39, 0.29) is 18.0 Å². The van der Waals surface area contributed by atoms with Crippen LogP contribution in [0.15, 0.2) is 6.33 Å². The van der Waals surface area contributed by atoms with E-state index in [2.05, 4.69) is 20.3 Å². The first-order valence-electron chi connectivity index (χ1n) is 7.06. The number of rotatable bonds is 4. The van der Waals surface area contributed by atoms with Crippen molar-refractivity contribution in [3.63, 3.8) is 0 Å². The largest absolute Gasteiger partial charge is 0.760 e. The molecule has 2 aromatic heterocycles. The van der Waals surface area contributed by atoms with Crippen molar-refractivity contribution in [1.29, 1.82) is 0 Å². The molecule has 9 nitrogen and oxygen atoms in total. The minimum atomic E-state index is -2.19. The third kappa shape index (κ3) is 2.76. The summed E-state index contributed by atoms with van der Waals surface area (Å²) in [6.45, 7) is 4.97. The molecule has 0 bridgehead atoms. The molecule has 2 unspecified atom stereocenters. The van der Waals surface area contributed by atoms with Crippen LogP contribution in [-0.4, -0.2) is 51.7 Å². The summed E-state index contributed by atoms with van der Waals surface area (Å²) in [7, 11) is 0. The van der Waals surface area contributed by atoms with E-state index < -0.39 is 11.3 Å². The molecule has 1 aliphatic heterocycles. The Kier molecular flexibility index (Phi) is 3.98. The highest BCUT2D eigenvalue weighted by Crippen LogP contribution is 2.24. The van der Waals surface area contributed by atoms with Crippen molar-refractivity contribution >= 4 is 34.2 Å². The van der Waals surface area contributed by atoms with E-state index in [0.717, 1.165) is 0 Å². The van der Waals surface area contributed by atoms with Gasteiger partial charge in [0.25, 0.3) is 0 Å². The highest BCUT2D eigenvalue weighted by molar-refractivity contribution is 7.76. The normalized spacial score (nSPS) is 20.8. The third-order valence-electron chi connectivity index (χ3n) is 3.70. The summed E-state index contributed by atoms with van der Waals surface area (Å²) in [5.74, 6) is 0.713. The molecule has 1 saturated heterocycles. The number of anilines is 2. The Morgan fingerprint density at radius 2 is 2.27 bits per heavy atom. The first kappa shape index (κ1) is 15.1. The molecule has 2 aromatic rings. The van der Waals surface area contributed by atoms with Gasteiger partial charge in [-0.15, -0.1) is 0 Å². The number of nitrogens with two attached hydrogens (primary N) is 1. The second-order valence-electron chi connectivity index (χ2n) is 5.58. The molecular formula is C12H18N7O2S-. The van der Waals surface area contributed by atoms with Crippen LogP contribution in [0, 0.1) is 0 Å². The Balaban J connectivity index is 1.89. The van der Waals surface area contributed by atoms with E-state index in [1.165, 1.54) is 4.31 Å². The summed E-state index contributed by atoms with van der Waals surface area (Å²) < 4.78 is 25.3. The molecule has 0 amide bonds. The maximum Gasteiger partial charge on any atom is 0.224 e. The summed E-state index contributed by atoms with van der Waals surface area (Å²) in [5, 5.41) is 3.24. The molecule has 0 aromatic carbocycles. The zero-order valence-electron chi connectivity index (χ0n) is 12.4. The molecule has 22 heavy (non-hydrogen) atoms. The molecule has 2 atom stereocenters. The summed E-state index contributed by atoms with van der Waals surface area (Å²) in [6, 6.07) is 0.191. The first-order valence-corrected chi connectivity index (χ1v) is 8.09. The van der Waals surface area contributed by atoms with Gasteiger partial charge >= 0.3 is 0 Å². The Labute approximate surface area is 130 Å². The minimum Gasteiger partial charge on any atom is -0.760 e. The number of nitrogens with one attached hydrogen (secondary N) is 1. The van der Waals surface area contributed by atoms with Crippen LogP contribution in [0.1, 0.15) is 26.3 Å². The average Bonchev–Trinajstić information content (AvgIpc) is 3.04. The van der Waals surface area contributed by atoms with E-state index in [9.17, 15) is 8.76 Å². The second kappa shape index (κ2) is 5.78. The van der Waals surface area contributed by atoms with Gasteiger partial charge in [0.15, 0.2) is 17.0 Å². The number of hydrogen-bond donors (Lipinski definition) is 2. The van der Waals surface area contributed by atoms with Crippen LogP contribution < -0.4 is 11.1 Å². The van der Waals surface area contributed by atoms with Gasteiger partial charge in [0.05, 0.1) is 6.33 Å². The fourth-order valence-corrected chi connectivity index (χ4v) is 3.14. The molecule has 0 radical (unpaired) electrons. The number of fused-ring (bicyclic) bond motifs is 1. The monoisotopic (exact) mass is 324 g/mol. The summed E-state index contributed by atoms with van der Waals surface area (Å²) in [6.07, 6.45) is 2.42. The van der Waals surface area contributed by atoms with Gasteiger partial charge in [-0.3, -0.25) is 4.21 Å². The summed E-state index contributed by atoms with van der Waals surface area (Å²) in [4.78, 5) is 12.8. The topological polar surface area (TPSA) is 125 Å². The van der Waals surface area contributed by atoms with Crippen molar-refractivity contribution in [2.24, 2.45) is 0 Å². The molecule has 3 heterocycles. The van der Waals surface area contributed by atoms with Crippen LogP contribution in [0.4, 0.5) is 11.8 Å². The van der Waals surface area contributed by atoms with Crippen molar-refractivity contribution in [3.05, 3.63) is 6.33 Å². The van der Waals surface area contributed by atoms with Crippen LogP contribution >= 0.6 is 0 Å². The zero-order chi connectivity index (χ0) is 15.9. The van der Waals surface area contributed by atoms with Crippen molar-refractivity contribution in [2.75, 3.05) is 24.1 Å². The molecule has 1 fully saturated rings. The highest BCUT2D eigenvalue weighted by Gasteiger charge is 2.24. The standard InChI is InChI=1S/C12H19N7O2S/c1-7(2)19-6-14-9-10(16-12(13)17-11(9)19)15-8-3-4-18(5-8)22(20)21/h6-8H,3-5H2,1-2H3,(H,20,21)(H3,13,15,16,17)/p-1. The molecular weight excluding hydrogens is 306 g/mol. The fraction of sp³-hybridized carbons (Fsp3) is 0.583. The van der Waals surface area contributed by atoms with Crippen LogP contribution in [0.3, 0.4) is 0 Å². The van der Waals surface area contributed by atoms with E-state index in [0.29, 0.717) is 36.5 Å². The lowest BCUT2D eigenvalue weighted by atomic mass is 10.2. The number of aromatic nitrogens is 4. The second-order valence-corrected chi connectivity index (χ2v) is 6.53. The lowest BCUT2D eigenvalue weighted by Gasteiger charge is -2.18. The van der Waals surface area contributed by atoms with Gasteiger partial charge in [-0.1, -0.05) is 0 Å². The van der Waals surface area contributed by atoms with Gasteiger partial charge in [-0.25, -0.2) is 9.29 Å². The number of hydrogen-bond acceptors (Lipinski definition) is 7. The van der Waals surface area contributed by atoms with Gasteiger partial charge < -0.3 is 20.2 Å². The smallest absolute Gasteiger partial charge is 0.224 e. The molecule has 0 aliphatic carbocycles. The first-order chi connectivity index (χ1) is 10.5. The SMILES string of the molecule is CC(C)n1cnc2c(NC3CCN(S(=O)[O-])C3)nc(N)nc21. The Morgan fingerprint density at radius 3 is 2.91 bits per heavy atom. The fourth-order valence-electron chi connectivity index (χ4n) is 2.59. The molecule has 3 N–H and O–H groups in total. The van der Waals surface area contributed by atoms with E-state index in [1.54, 1.807) is 6.33 Å². The Hall–Kier alpha value is -1.78. The third-order valence-corrected chi connectivity index (χ3v) is 4.45. The maximum absolute atomic E-state index is 11.0. The predicted octanol–water partition coefficient (Wildman–Crippen LogP) is 0.270. The van der Waals surface area contributed by atoms with Crippen molar-refractivity contribution in [3.8, 4) is 0 Å². The molecule has 10 heteroatoms. The lowest BCUT2D eigenvalue weighted by molar-refractivity contribution is 0.436. The number of imidazole rings is 1. The van der Waals surface area contributed by atoms with Crippen LogP contribution in [-0.2, 0) is 11.3 Å². The molecule has 3 rings (SSSR count). The predicted molar refractivity (Wildman–Crippen MR) is 82.6 cm³/mol. The van der Waals surface area contributed by atoms with E-state index in [1.807, 2.05) is 18.4 Å². The van der Waals surface area contributed by atoms with Gasteiger partial charge in [-0.05, 0) is 20.3 Å². The maximum atomic E-state index is 11.0. The van der Waals surface area contributed by atoms with Gasteiger partial charge in [0.2, 0.25) is 5.95 Å². The van der Waals surface area contributed by atoms with Gasteiger partial charge in [0, 0.05) is 36.4 Å². The molecule has 0 spiro atoms. The summed E-state index contributed by atoms with van der Waals surface area (Å²) in [5.41, 5.74) is 7.11. The van der Waals surface area contributed by atoms with Crippen LogP contribution in [0.5, 0.6) is 0 Å². The molecule has 0 saturated carbocycles. The van der Waals surface area contributed by atoms with Gasteiger partial charge in [0.1, 0.15) is 0 Å². The summed E-state index contributed by atoms with van der Waals surface area (Å²) >= 11 is -2.19. The van der Waals surface area contributed by atoms with Crippen LogP contribution in [0.25, 0.3) is 11.2 Å². The quantitative estimate of drug-likeness (QED) is 0.773. The van der Waals surface area contributed by atoms with E-state index >= 15 is 0 Å². The van der Waals surface area contributed by atoms with Crippen LogP contribution in [0.2, 0.25) is 0 Å². The molecule has 120 valence electrons. The van der Waals surface area contributed by atoms with Crippen molar-refractivity contribution in [1.82, 2.24) is 23.8 Å². The number of nitrogen functional groups attached to an aromatic ring is 1. The number of nitrogens with zero attached hydrogens (tertiary/aromatic N) is 5. The zero-order valence-corrected chi connectivity index (χ0v) is 13.2. The van der Waals surface area contributed by atoms with Gasteiger partial charge in [-0.2, -0.15) is 9.97 Å². The van der Waals surface area contributed by atoms with Crippen molar-refractivity contribution in [2.45, 2.75) is 32.4 Å². The Bertz CT molecular complexity index is 717. The highest BCUT2D eigenvalue weighted by atomic mass is 32.2. The average molecular weight is 324 g/mol.